The Morgan fingerprint density at radius 1 is 0.923 bits per heavy atom. The molecule has 3 N–H and O–H groups in total. The third kappa shape index (κ3) is 4.55. The summed E-state index contributed by atoms with van der Waals surface area (Å²) in [6.45, 7) is 0.190. The average Bonchev–Trinajstić information content (AvgIpc) is 2.62. The third-order valence-electron chi connectivity index (χ3n) is 3.51. The van der Waals surface area contributed by atoms with Gasteiger partial charge in [0.25, 0.3) is 0 Å². The molecule has 4 nitrogen and oxygen atoms in total. The van der Waals surface area contributed by atoms with E-state index in [0.717, 1.165) is 6.07 Å². The van der Waals surface area contributed by atoms with Gasteiger partial charge in [-0.1, -0.05) is 23.7 Å². The highest BCUT2D eigenvalue weighted by Crippen LogP contribution is 2.28. The summed E-state index contributed by atoms with van der Waals surface area (Å²) in [4.78, 5) is 0. The van der Waals surface area contributed by atoms with Gasteiger partial charge in [0.05, 0.1) is 16.4 Å². The van der Waals surface area contributed by atoms with E-state index < -0.39 is 11.6 Å². The van der Waals surface area contributed by atoms with Crippen molar-refractivity contribution in [3.05, 3.63) is 82.9 Å². The molecular weight excluding hydrogens is 362 g/mol. The molecule has 0 saturated heterocycles. The maximum absolute atomic E-state index is 13.3. The SMILES string of the molecule is Oc1ccc(NNc2ccc(OCc3cccc(F)c3)c(Cl)c2)cc1F. The van der Waals surface area contributed by atoms with Crippen molar-refractivity contribution in [3.63, 3.8) is 0 Å². The van der Waals surface area contributed by atoms with Gasteiger partial charge in [-0.05, 0) is 48.0 Å². The van der Waals surface area contributed by atoms with Crippen molar-refractivity contribution >= 4 is 23.0 Å². The zero-order chi connectivity index (χ0) is 18.5. The molecule has 0 aliphatic carbocycles. The van der Waals surface area contributed by atoms with Crippen LogP contribution >= 0.6 is 11.6 Å². The van der Waals surface area contributed by atoms with Gasteiger partial charge in [-0.3, -0.25) is 0 Å². The summed E-state index contributed by atoms with van der Waals surface area (Å²) in [5, 5.41) is 9.53. The molecule has 0 aliphatic heterocycles. The van der Waals surface area contributed by atoms with Gasteiger partial charge in [0.1, 0.15) is 18.2 Å². The molecule has 0 saturated carbocycles. The number of hydrazine groups is 1. The number of ether oxygens (including phenoxy) is 1. The van der Waals surface area contributed by atoms with Crippen LogP contribution in [-0.4, -0.2) is 5.11 Å². The number of hydrogen-bond acceptors (Lipinski definition) is 4. The molecule has 134 valence electrons. The minimum atomic E-state index is -0.726. The Bertz CT molecular complexity index is 922. The van der Waals surface area contributed by atoms with Gasteiger partial charge < -0.3 is 20.7 Å². The van der Waals surface area contributed by atoms with Crippen LogP contribution in [0, 0.1) is 11.6 Å². The maximum Gasteiger partial charge on any atom is 0.166 e. The molecule has 3 aromatic carbocycles. The van der Waals surface area contributed by atoms with Gasteiger partial charge in [-0.2, -0.15) is 0 Å². The molecule has 3 aromatic rings. The van der Waals surface area contributed by atoms with Crippen LogP contribution in [0.4, 0.5) is 20.2 Å². The summed E-state index contributed by atoms with van der Waals surface area (Å²) >= 11 is 6.19. The number of phenolic OH excluding ortho intramolecular Hbond substituents is 1. The monoisotopic (exact) mass is 376 g/mol. The van der Waals surface area contributed by atoms with E-state index in [-0.39, 0.29) is 12.4 Å². The highest BCUT2D eigenvalue weighted by molar-refractivity contribution is 6.32. The summed E-state index contributed by atoms with van der Waals surface area (Å²) in [5.41, 5.74) is 7.42. The molecule has 3 rings (SSSR count). The second kappa shape index (κ2) is 7.93. The number of aromatic hydroxyl groups is 1. The Balaban J connectivity index is 1.60. The Morgan fingerprint density at radius 3 is 2.35 bits per heavy atom. The van der Waals surface area contributed by atoms with Crippen LogP contribution < -0.4 is 15.6 Å². The van der Waals surface area contributed by atoms with Crippen LogP contribution in [-0.2, 0) is 6.61 Å². The minimum Gasteiger partial charge on any atom is -0.505 e. The molecule has 0 radical (unpaired) electrons. The van der Waals surface area contributed by atoms with Crippen molar-refractivity contribution in [2.24, 2.45) is 0 Å². The van der Waals surface area contributed by atoms with Crippen molar-refractivity contribution in [2.75, 3.05) is 10.9 Å². The van der Waals surface area contributed by atoms with E-state index in [1.54, 1.807) is 30.3 Å². The van der Waals surface area contributed by atoms with Gasteiger partial charge in [-0.15, -0.1) is 0 Å². The molecule has 0 atom stereocenters. The van der Waals surface area contributed by atoms with Gasteiger partial charge in [0, 0.05) is 6.07 Å². The summed E-state index contributed by atoms with van der Waals surface area (Å²) in [7, 11) is 0. The fourth-order valence-corrected chi connectivity index (χ4v) is 2.45. The second-order valence-corrected chi connectivity index (χ2v) is 5.89. The van der Waals surface area contributed by atoms with Crippen LogP contribution in [0.2, 0.25) is 5.02 Å². The second-order valence-electron chi connectivity index (χ2n) is 5.48. The van der Waals surface area contributed by atoms with E-state index in [0.29, 0.717) is 27.7 Å². The summed E-state index contributed by atoms with van der Waals surface area (Å²) < 4.78 is 32.1. The van der Waals surface area contributed by atoms with Gasteiger partial charge in [0.15, 0.2) is 11.6 Å². The molecule has 0 aromatic heterocycles. The highest BCUT2D eigenvalue weighted by atomic mass is 35.5. The molecule has 7 heteroatoms. The average molecular weight is 377 g/mol. The molecular formula is C19H15ClF2N2O2. The van der Waals surface area contributed by atoms with Crippen LogP contribution in [0.25, 0.3) is 0 Å². The first-order chi connectivity index (χ1) is 12.5. The smallest absolute Gasteiger partial charge is 0.166 e. The van der Waals surface area contributed by atoms with E-state index in [4.69, 9.17) is 21.4 Å². The number of hydrogen-bond donors (Lipinski definition) is 3. The predicted octanol–water partition coefficient (Wildman–Crippen LogP) is 5.34. The van der Waals surface area contributed by atoms with Gasteiger partial charge >= 0.3 is 0 Å². The largest absolute Gasteiger partial charge is 0.505 e. The van der Waals surface area contributed by atoms with E-state index >= 15 is 0 Å². The first kappa shape index (κ1) is 17.8. The Labute approximate surface area is 154 Å². The number of rotatable bonds is 6. The summed E-state index contributed by atoms with van der Waals surface area (Å²) in [6, 6.07) is 15.1. The normalized spacial score (nSPS) is 10.4. The molecule has 0 amide bonds. The third-order valence-corrected chi connectivity index (χ3v) is 3.81. The van der Waals surface area contributed by atoms with Crippen molar-refractivity contribution in [3.8, 4) is 11.5 Å². The summed E-state index contributed by atoms with van der Waals surface area (Å²) in [5.74, 6) is -1.01. The summed E-state index contributed by atoms with van der Waals surface area (Å²) in [6.07, 6.45) is 0. The number of halogens is 3. The molecule has 0 bridgehead atoms. The highest BCUT2D eigenvalue weighted by Gasteiger charge is 2.05. The zero-order valence-corrected chi connectivity index (χ0v) is 14.2. The molecule has 0 heterocycles. The molecule has 0 fully saturated rings. The van der Waals surface area contributed by atoms with Crippen molar-refractivity contribution < 1.29 is 18.6 Å². The van der Waals surface area contributed by atoms with Crippen LogP contribution in [0.1, 0.15) is 5.56 Å². The fourth-order valence-electron chi connectivity index (χ4n) is 2.21. The lowest BCUT2D eigenvalue weighted by Gasteiger charge is -2.13. The van der Waals surface area contributed by atoms with Crippen molar-refractivity contribution in [1.29, 1.82) is 0 Å². The van der Waals surface area contributed by atoms with Gasteiger partial charge in [-0.25, -0.2) is 8.78 Å². The number of nitrogens with one attached hydrogen (secondary N) is 2. The lowest BCUT2D eigenvalue weighted by atomic mass is 10.2. The minimum absolute atomic E-state index is 0.190. The van der Waals surface area contributed by atoms with Crippen LogP contribution in [0.15, 0.2) is 60.7 Å². The predicted molar refractivity (Wildman–Crippen MR) is 97.5 cm³/mol. The molecule has 0 spiro atoms. The van der Waals surface area contributed by atoms with E-state index in [9.17, 15) is 8.78 Å². The first-order valence-corrected chi connectivity index (χ1v) is 8.06. The lowest BCUT2D eigenvalue weighted by molar-refractivity contribution is 0.306. The lowest BCUT2D eigenvalue weighted by Crippen LogP contribution is -2.08. The van der Waals surface area contributed by atoms with Crippen molar-refractivity contribution in [1.82, 2.24) is 0 Å². The van der Waals surface area contributed by atoms with E-state index in [1.807, 2.05) is 0 Å². The van der Waals surface area contributed by atoms with Gasteiger partial charge in [0.2, 0.25) is 0 Å². The standard InChI is InChI=1S/C19H15ClF2N2O2/c20-16-9-14(23-24-15-4-6-18(25)17(22)10-15)5-7-19(16)26-11-12-2-1-3-13(21)8-12/h1-10,23-25H,11H2. The Morgan fingerprint density at radius 2 is 1.65 bits per heavy atom. The van der Waals surface area contributed by atoms with E-state index in [2.05, 4.69) is 10.9 Å². The quantitative estimate of drug-likeness (QED) is 0.401. The molecule has 26 heavy (non-hydrogen) atoms. The Kier molecular flexibility index (Phi) is 5.43. The molecule has 0 unspecified atom stereocenters. The van der Waals surface area contributed by atoms with Crippen LogP contribution in [0.5, 0.6) is 11.5 Å². The van der Waals surface area contributed by atoms with Crippen LogP contribution in [0.3, 0.4) is 0 Å². The maximum atomic E-state index is 13.3. The first-order valence-electron chi connectivity index (χ1n) is 7.68. The number of benzene rings is 3. The Hall–Kier alpha value is -2.99. The van der Waals surface area contributed by atoms with Crippen molar-refractivity contribution in [2.45, 2.75) is 6.61 Å². The van der Waals surface area contributed by atoms with E-state index in [1.165, 1.54) is 24.3 Å². The topological polar surface area (TPSA) is 53.5 Å². The number of anilines is 2. The number of phenols is 1. The fraction of sp³-hybridized carbons (Fsp3) is 0.0526. The zero-order valence-electron chi connectivity index (χ0n) is 13.5. The molecule has 0 aliphatic rings.